The van der Waals surface area contributed by atoms with E-state index in [0.29, 0.717) is 25.6 Å². The summed E-state index contributed by atoms with van der Waals surface area (Å²) in [4.78, 5) is 11.8. The van der Waals surface area contributed by atoms with Crippen LogP contribution in [0.4, 0.5) is 0 Å². The minimum atomic E-state index is 0.0957. The van der Waals surface area contributed by atoms with Crippen LogP contribution in [0.15, 0.2) is 24.3 Å². The fourth-order valence-corrected chi connectivity index (χ4v) is 3.07. The molecule has 110 valence electrons. The zero-order valence-electron chi connectivity index (χ0n) is 11.9. The lowest BCUT2D eigenvalue weighted by molar-refractivity contribution is -0.121. The summed E-state index contributed by atoms with van der Waals surface area (Å²) >= 11 is 1.91. The van der Waals surface area contributed by atoms with Crippen molar-refractivity contribution < 1.29 is 9.53 Å². The number of carbonyl (C=O) groups is 1. The van der Waals surface area contributed by atoms with Gasteiger partial charge in [0, 0.05) is 30.5 Å². The molecule has 2 rings (SSSR count). The zero-order valence-corrected chi connectivity index (χ0v) is 12.7. The summed E-state index contributed by atoms with van der Waals surface area (Å²) in [6, 6.07) is 8.21. The van der Waals surface area contributed by atoms with Gasteiger partial charge in [-0.1, -0.05) is 18.2 Å². The summed E-state index contributed by atoms with van der Waals surface area (Å²) in [6.07, 6.45) is 0.553. The second kappa shape index (κ2) is 8.17. The van der Waals surface area contributed by atoms with Crippen LogP contribution in [0.3, 0.4) is 0 Å². The van der Waals surface area contributed by atoms with Crippen molar-refractivity contribution in [2.45, 2.75) is 19.4 Å². The lowest BCUT2D eigenvalue weighted by Crippen LogP contribution is -2.41. The van der Waals surface area contributed by atoms with E-state index >= 15 is 0 Å². The molecule has 4 nitrogen and oxygen atoms in total. The Balaban J connectivity index is 1.60. The largest absolute Gasteiger partial charge is 0.491 e. The Bertz CT molecular complexity index is 434. The number of para-hydroxylation sites is 1. The van der Waals surface area contributed by atoms with Crippen molar-refractivity contribution in [2.75, 3.05) is 31.2 Å². The number of rotatable bonds is 6. The maximum Gasteiger partial charge on any atom is 0.221 e. The van der Waals surface area contributed by atoms with Crippen molar-refractivity contribution in [1.29, 1.82) is 0 Å². The van der Waals surface area contributed by atoms with Crippen molar-refractivity contribution >= 4 is 17.7 Å². The van der Waals surface area contributed by atoms with Gasteiger partial charge in [0.15, 0.2) is 0 Å². The van der Waals surface area contributed by atoms with Crippen molar-refractivity contribution in [3.63, 3.8) is 0 Å². The van der Waals surface area contributed by atoms with Crippen LogP contribution >= 0.6 is 11.8 Å². The smallest absolute Gasteiger partial charge is 0.221 e. The maximum atomic E-state index is 11.8. The van der Waals surface area contributed by atoms with E-state index in [0.717, 1.165) is 29.4 Å². The molecule has 1 atom stereocenters. The van der Waals surface area contributed by atoms with Crippen LogP contribution in [0.25, 0.3) is 0 Å². The second-order valence-electron chi connectivity index (χ2n) is 4.89. The topological polar surface area (TPSA) is 50.4 Å². The Kier molecular flexibility index (Phi) is 6.21. The normalized spacial score (nSPS) is 18.6. The summed E-state index contributed by atoms with van der Waals surface area (Å²) < 4.78 is 5.64. The Morgan fingerprint density at radius 2 is 2.35 bits per heavy atom. The SMILES string of the molecule is Cc1ccccc1OCCNC(=O)CC1CSCCN1. The molecule has 5 heteroatoms. The Morgan fingerprint density at radius 1 is 1.50 bits per heavy atom. The molecular weight excluding hydrogens is 272 g/mol. The number of benzene rings is 1. The Hall–Kier alpha value is -1.20. The van der Waals surface area contributed by atoms with Crippen LogP contribution in [0, 0.1) is 6.92 Å². The van der Waals surface area contributed by atoms with Crippen LogP contribution in [-0.2, 0) is 4.79 Å². The number of nitrogens with one attached hydrogen (secondary N) is 2. The van der Waals surface area contributed by atoms with E-state index in [2.05, 4.69) is 10.6 Å². The van der Waals surface area contributed by atoms with Crippen LogP contribution in [0.1, 0.15) is 12.0 Å². The molecule has 1 aromatic rings. The number of thioether (sulfide) groups is 1. The van der Waals surface area contributed by atoms with Gasteiger partial charge in [0.25, 0.3) is 0 Å². The van der Waals surface area contributed by atoms with Crippen molar-refractivity contribution in [2.24, 2.45) is 0 Å². The van der Waals surface area contributed by atoms with Crippen molar-refractivity contribution in [3.8, 4) is 5.75 Å². The fourth-order valence-electron chi connectivity index (χ4n) is 2.12. The molecule has 1 saturated heterocycles. The molecule has 1 aromatic carbocycles. The van der Waals surface area contributed by atoms with E-state index in [1.807, 2.05) is 43.0 Å². The molecule has 1 amide bonds. The predicted octanol–water partition coefficient (Wildman–Crippen LogP) is 1.59. The minimum Gasteiger partial charge on any atom is -0.491 e. The fraction of sp³-hybridized carbons (Fsp3) is 0.533. The molecule has 0 bridgehead atoms. The number of hydrogen-bond acceptors (Lipinski definition) is 4. The van der Waals surface area contributed by atoms with Crippen molar-refractivity contribution in [3.05, 3.63) is 29.8 Å². The van der Waals surface area contributed by atoms with Gasteiger partial charge in [-0.2, -0.15) is 11.8 Å². The summed E-state index contributed by atoms with van der Waals surface area (Å²) in [6.45, 7) is 4.07. The molecule has 1 unspecified atom stereocenters. The minimum absolute atomic E-state index is 0.0957. The highest BCUT2D eigenvalue weighted by atomic mass is 32.2. The predicted molar refractivity (Wildman–Crippen MR) is 83.4 cm³/mol. The molecule has 1 heterocycles. The van der Waals surface area contributed by atoms with E-state index < -0.39 is 0 Å². The van der Waals surface area contributed by atoms with Gasteiger partial charge in [-0.3, -0.25) is 4.79 Å². The molecule has 0 radical (unpaired) electrons. The number of amides is 1. The van der Waals surface area contributed by atoms with E-state index in [-0.39, 0.29) is 5.91 Å². The lowest BCUT2D eigenvalue weighted by Gasteiger charge is -2.22. The first-order chi connectivity index (χ1) is 9.75. The first kappa shape index (κ1) is 15.2. The van der Waals surface area contributed by atoms with Gasteiger partial charge in [0.1, 0.15) is 12.4 Å². The summed E-state index contributed by atoms with van der Waals surface area (Å²) in [5.74, 6) is 3.14. The van der Waals surface area contributed by atoms with E-state index in [1.165, 1.54) is 0 Å². The number of ether oxygens (including phenoxy) is 1. The third-order valence-electron chi connectivity index (χ3n) is 3.21. The Labute approximate surface area is 124 Å². The highest BCUT2D eigenvalue weighted by Gasteiger charge is 2.16. The Morgan fingerprint density at radius 3 is 3.10 bits per heavy atom. The van der Waals surface area contributed by atoms with Gasteiger partial charge in [-0.05, 0) is 18.6 Å². The standard InChI is InChI=1S/C15H22N2O2S/c1-12-4-2-3-5-14(12)19-8-6-17-15(18)10-13-11-20-9-7-16-13/h2-5,13,16H,6-11H2,1H3,(H,17,18). The molecule has 0 saturated carbocycles. The van der Waals surface area contributed by atoms with Crippen LogP contribution in [0.2, 0.25) is 0 Å². The molecule has 0 spiro atoms. The van der Waals surface area contributed by atoms with Gasteiger partial charge in [-0.25, -0.2) is 0 Å². The quantitative estimate of drug-likeness (QED) is 0.782. The molecule has 0 aliphatic carbocycles. The molecular formula is C15H22N2O2S. The first-order valence-corrected chi connectivity index (χ1v) is 8.17. The van der Waals surface area contributed by atoms with E-state index in [1.54, 1.807) is 0 Å². The average Bonchev–Trinajstić information content (AvgIpc) is 2.46. The second-order valence-corrected chi connectivity index (χ2v) is 6.04. The molecule has 1 aliphatic rings. The van der Waals surface area contributed by atoms with Gasteiger partial charge in [-0.15, -0.1) is 0 Å². The summed E-state index contributed by atoms with van der Waals surface area (Å²) in [7, 11) is 0. The van der Waals surface area contributed by atoms with Gasteiger partial charge < -0.3 is 15.4 Å². The summed E-state index contributed by atoms with van der Waals surface area (Å²) in [5.41, 5.74) is 1.11. The lowest BCUT2D eigenvalue weighted by atomic mass is 10.2. The molecule has 2 N–H and O–H groups in total. The van der Waals surface area contributed by atoms with Crippen LogP contribution < -0.4 is 15.4 Å². The number of hydrogen-bond donors (Lipinski definition) is 2. The van der Waals surface area contributed by atoms with Gasteiger partial charge in [0.2, 0.25) is 5.91 Å². The monoisotopic (exact) mass is 294 g/mol. The van der Waals surface area contributed by atoms with Gasteiger partial charge >= 0.3 is 0 Å². The highest BCUT2D eigenvalue weighted by molar-refractivity contribution is 7.99. The third kappa shape index (κ3) is 5.06. The van der Waals surface area contributed by atoms with E-state index in [9.17, 15) is 4.79 Å². The third-order valence-corrected chi connectivity index (χ3v) is 4.34. The first-order valence-electron chi connectivity index (χ1n) is 7.02. The number of aryl methyl sites for hydroxylation is 1. The molecule has 1 fully saturated rings. The molecule has 0 aromatic heterocycles. The highest BCUT2D eigenvalue weighted by Crippen LogP contribution is 2.15. The average molecular weight is 294 g/mol. The van der Waals surface area contributed by atoms with Crippen LogP contribution in [0.5, 0.6) is 5.75 Å². The van der Waals surface area contributed by atoms with Crippen LogP contribution in [-0.4, -0.2) is 43.2 Å². The number of carbonyl (C=O) groups excluding carboxylic acids is 1. The summed E-state index contributed by atoms with van der Waals surface area (Å²) in [5, 5.41) is 6.27. The van der Waals surface area contributed by atoms with Crippen molar-refractivity contribution in [1.82, 2.24) is 10.6 Å². The molecule has 20 heavy (non-hydrogen) atoms. The maximum absolute atomic E-state index is 11.8. The van der Waals surface area contributed by atoms with E-state index in [4.69, 9.17) is 4.74 Å². The van der Waals surface area contributed by atoms with Gasteiger partial charge in [0.05, 0.1) is 6.54 Å². The molecule has 1 aliphatic heterocycles. The zero-order chi connectivity index (χ0) is 14.2.